The maximum atomic E-state index is 13.6. The maximum absolute atomic E-state index is 13.6. The summed E-state index contributed by atoms with van der Waals surface area (Å²) in [4.78, 5) is 20.8. The van der Waals surface area contributed by atoms with Crippen LogP contribution in [0, 0.1) is 5.82 Å². The normalized spacial score (nSPS) is 12.9. The summed E-state index contributed by atoms with van der Waals surface area (Å²) in [5.74, 6) is -3.66. The van der Waals surface area contributed by atoms with E-state index in [2.05, 4.69) is 15.9 Å². The van der Waals surface area contributed by atoms with Gasteiger partial charge in [-0.2, -0.15) is 4.72 Å². The Morgan fingerprint density at radius 3 is 2.50 bits per heavy atom. The lowest BCUT2D eigenvalue weighted by Gasteiger charge is -2.13. The number of aliphatic carboxylic acids is 1. The molecular weight excluding hydrogens is 359 g/mol. The summed E-state index contributed by atoms with van der Waals surface area (Å²) in [6.45, 7) is 0. The van der Waals surface area contributed by atoms with Crippen LogP contribution >= 0.6 is 15.9 Å². The zero-order valence-electron chi connectivity index (χ0n) is 9.84. The van der Waals surface area contributed by atoms with Crippen molar-refractivity contribution < 1.29 is 27.5 Å². The van der Waals surface area contributed by atoms with Crippen molar-refractivity contribution in [3.63, 3.8) is 0 Å². The van der Waals surface area contributed by atoms with Gasteiger partial charge in [0.25, 0.3) is 0 Å². The molecule has 0 radical (unpaired) electrons. The van der Waals surface area contributed by atoms with E-state index in [1.165, 1.54) is 6.07 Å². The minimum Gasteiger partial charge on any atom is -0.480 e. The van der Waals surface area contributed by atoms with Crippen molar-refractivity contribution in [2.75, 3.05) is 0 Å². The fourth-order valence-corrected chi connectivity index (χ4v) is 2.91. The van der Waals surface area contributed by atoms with E-state index in [9.17, 15) is 22.4 Å². The fourth-order valence-electron chi connectivity index (χ4n) is 1.32. The largest absolute Gasteiger partial charge is 0.480 e. The predicted octanol–water partition coefficient (Wildman–Crippen LogP) is 0.195. The van der Waals surface area contributed by atoms with Crippen LogP contribution in [0.5, 0.6) is 0 Å². The van der Waals surface area contributed by atoms with Gasteiger partial charge in [-0.3, -0.25) is 9.59 Å². The summed E-state index contributed by atoms with van der Waals surface area (Å²) < 4.78 is 39.4. The molecule has 0 aliphatic rings. The van der Waals surface area contributed by atoms with Crippen molar-refractivity contribution in [3.05, 3.63) is 28.5 Å². The molecule has 0 saturated carbocycles. The molecule has 1 aromatic carbocycles. The van der Waals surface area contributed by atoms with Crippen molar-refractivity contribution in [2.24, 2.45) is 5.73 Å². The van der Waals surface area contributed by atoms with E-state index >= 15 is 0 Å². The molecule has 0 bridgehead atoms. The van der Waals surface area contributed by atoms with Crippen molar-refractivity contribution in [3.8, 4) is 0 Å². The van der Waals surface area contributed by atoms with Gasteiger partial charge in [-0.15, -0.1) is 0 Å². The van der Waals surface area contributed by atoms with Gasteiger partial charge in [0, 0.05) is 4.47 Å². The number of rotatable bonds is 6. The van der Waals surface area contributed by atoms with Gasteiger partial charge in [0.15, 0.2) is 0 Å². The number of nitrogens with two attached hydrogens (primary N) is 1. The van der Waals surface area contributed by atoms with Gasteiger partial charge in [0.1, 0.15) is 16.8 Å². The van der Waals surface area contributed by atoms with Crippen LogP contribution in [-0.4, -0.2) is 31.4 Å². The minimum atomic E-state index is -4.43. The number of halogens is 2. The number of benzene rings is 1. The van der Waals surface area contributed by atoms with Crippen LogP contribution in [0.25, 0.3) is 0 Å². The fraction of sp³-hybridized carbons (Fsp3) is 0.200. The maximum Gasteiger partial charge on any atom is 0.322 e. The van der Waals surface area contributed by atoms with E-state index < -0.39 is 45.1 Å². The van der Waals surface area contributed by atoms with Crippen molar-refractivity contribution in [1.82, 2.24) is 4.72 Å². The third-order valence-corrected chi connectivity index (χ3v) is 4.18. The van der Waals surface area contributed by atoms with Gasteiger partial charge >= 0.3 is 5.97 Å². The van der Waals surface area contributed by atoms with Crippen LogP contribution in [-0.2, 0) is 19.6 Å². The Morgan fingerprint density at radius 2 is 2.05 bits per heavy atom. The highest BCUT2D eigenvalue weighted by Gasteiger charge is 2.28. The summed E-state index contributed by atoms with van der Waals surface area (Å²) >= 11 is 2.96. The molecule has 0 heterocycles. The minimum absolute atomic E-state index is 0.320. The van der Waals surface area contributed by atoms with Crippen molar-refractivity contribution in [1.29, 1.82) is 0 Å². The number of carboxylic acids is 1. The number of primary amides is 1. The standard InChI is InChI=1S/C10H10BrFN2O5S/c11-5-1-2-8(6(12)3-5)20(18,19)14-7(10(16)17)4-9(13)15/h1-3,7,14H,4H2,(H2,13,15)(H,16,17)/t7-/m1/s1. The van der Waals surface area contributed by atoms with Gasteiger partial charge in [-0.05, 0) is 18.2 Å². The van der Waals surface area contributed by atoms with Crippen molar-refractivity contribution >= 4 is 37.8 Å². The summed E-state index contributed by atoms with van der Waals surface area (Å²) in [6, 6.07) is 1.39. The quantitative estimate of drug-likeness (QED) is 0.660. The molecule has 1 rings (SSSR count). The highest BCUT2D eigenvalue weighted by molar-refractivity contribution is 9.10. The molecular formula is C10H10BrFN2O5S. The molecule has 1 aromatic rings. The average Bonchev–Trinajstić information content (AvgIpc) is 2.26. The zero-order chi connectivity index (χ0) is 15.5. The second-order valence-electron chi connectivity index (χ2n) is 3.76. The van der Waals surface area contributed by atoms with Gasteiger partial charge in [0.2, 0.25) is 15.9 Å². The van der Waals surface area contributed by atoms with E-state index in [0.717, 1.165) is 12.1 Å². The van der Waals surface area contributed by atoms with Crippen molar-refractivity contribution in [2.45, 2.75) is 17.4 Å². The monoisotopic (exact) mass is 368 g/mol. The van der Waals surface area contributed by atoms with Crippen LogP contribution in [0.3, 0.4) is 0 Å². The summed E-state index contributed by atoms with van der Waals surface area (Å²) in [5, 5.41) is 8.81. The Balaban J connectivity index is 3.09. The number of carbonyl (C=O) groups excluding carboxylic acids is 1. The number of carboxylic acid groups (broad SMARTS) is 1. The predicted molar refractivity (Wildman–Crippen MR) is 69.7 cm³/mol. The third kappa shape index (κ3) is 4.25. The molecule has 0 aromatic heterocycles. The lowest BCUT2D eigenvalue weighted by Crippen LogP contribution is -2.43. The van der Waals surface area contributed by atoms with E-state index in [1.807, 2.05) is 0 Å². The molecule has 4 N–H and O–H groups in total. The van der Waals surface area contributed by atoms with Crippen LogP contribution < -0.4 is 10.5 Å². The number of hydrogen-bond donors (Lipinski definition) is 3. The van der Waals surface area contributed by atoms with Gasteiger partial charge in [-0.25, -0.2) is 12.8 Å². The Labute approximate surface area is 122 Å². The Bertz CT molecular complexity index is 649. The first-order valence-electron chi connectivity index (χ1n) is 5.12. The number of sulfonamides is 1. The number of hydrogen-bond acceptors (Lipinski definition) is 4. The van der Waals surface area contributed by atoms with Gasteiger partial charge < -0.3 is 10.8 Å². The molecule has 0 aliphatic carbocycles. The van der Waals surface area contributed by atoms with E-state index in [1.54, 1.807) is 4.72 Å². The molecule has 0 spiro atoms. The molecule has 0 fully saturated rings. The highest BCUT2D eigenvalue weighted by Crippen LogP contribution is 2.19. The molecule has 0 aliphatic heterocycles. The van der Waals surface area contributed by atoms with Crippen LogP contribution in [0.1, 0.15) is 6.42 Å². The second-order valence-corrected chi connectivity index (χ2v) is 6.36. The highest BCUT2D eigenvalue weighted by atomic mass is 79.9. The number of nitrogens with one attached hydrogen (secondary N) is 1. The van der Waals surface area contributed by atoms with E-state index in [0.29, 0.717) is 4.47 Å². The molecule has 1 atom stereocenters. The molecule has 1 amide bonds. The van der Waals surface area contributed by atoms with Crippen LogP contribution in [0.15, 0.2) is 27.6 Å². The third-order valence-electron chi connectivity index (χ3n) is 2.18. The first-order chi connectivity index (χ1) is 9.13. The number of carbonyl (C=O) groups is 2. The lowest BCUT2D eigenvalue weighted by atomic mass is 10.2. The molecule has 0 unspecified atom stereocenters. The lowest BCUT2D eigenvalue weighted by molar-refractivity contribution is -0.140. The molecule has 20 heavy (non-hydrogen) atoms. The molecule has 0 saturated heterocycles. The van der Waals surface area contributed by atoms with E-state index in [-0.39, 0.29) is 0 Å². The van der Waals surface area contributed by atoms with Gasteiger partial charge in [-0.1, -0.05) is 15.9 Å². The SMILES string of the molecule is NC(=O)C[C@@H](NS(=O)(=O)c1ccc(Br)cc1F)C(=O)O. The second kappa shape index (κ2) is 6.29. The number of amides is 1. The summed E-state index contributed by atoms with van der Waals surface area (Å²) in [5.41, 5.74) is 4.82. The Hall–Kier alpha value is -1.52. The first-order valence-corrected chi connectivity index (χ1v) is 7.39. The van der Waals surface area contributed by atoms with E-state index in [4.69, 9.17) is 10.8 Å². The van der Waals surface area contributed by atoms with Crippen LogP contribution in [0.2, 0.25) is 0 Å². The zero-order valence-corrected chi connectivity index (χ0v) is 12.2. The molecule has 110 valence electrons. The smallest absolute Gasteiger partial charge is 0.322 e. The van der Waals surface area contributed by atoms with Gasteiger partial charge in [0.05, 0.1) is 6.42 Å². The molecule has 7 nitrogen and oxygen atoms in total. The first kappa shape index (κ1) is 16.5. The topological polar surface area (TPSA) is 127 Å². The average molecular weight is 369 g/mol. The van der Waals surface area contributed by atoms with Crippen LogP contribution in [0.4, 0.5) is 4.39 Å². The Kier molecular flexibility index (Phi) is 5.20. The summed E-state index contributed by atoms with van der Waals surface area (Å²) in [6.07, 6.45) is -0.743. The summed E-state index contributed by atoms with van der Waals surface area (Å²) in [7, 11) is -4.43. The molecule has 10 heteroatoms. The Morgan fingerprint density at radius 1 is 1.45 bits per heavy atom.